The summed E-state index contributed by atoms with van der Waals surface area (Å²) in [5.41, 5.74) is 1.55. The minimum Gasteiger partial charge on any atom is -0.459 e. The highest BCUT2D eigenvalue weighted by Gasteiger charge is 2.80. The molecule has 0 radical (unpaired) electrons. The fourth-order valence-corrected chi connectivity index (χ4v) is 10.5. The van der Waals surface area contributed by atoms with Crippen LogP contribution < -0.4 is 0 Å². The van der Waals surface area contributed by atoms with Crippen molar-refractivity contribution in [2.45, 2.75) is 124 Å². The molecule has 5 aliphatic rings. The lowest BCUT2D eigenvalue weighted by Gasteiger charge is -2.61. The maximum absolute atomic E-state index is 12.8. The van der Waals surface area contributed by atoms with Gasteiger partial charge in [0.05, 0.1) is 11.7 Å². The molecule has 4 aliphatic carbocycles. The fraction of sp³-hybridized carbons (Fsp3) is 0.800. The van der Waals surface area contributed by atoms with Gasteiger partial charge in [-0.15, -0.1) is 0 Å². The van der Waals surface area contributed by atoms with Gasteiger partial charge in [0.1, 0.15) is 11.7 Å². The van der Waals surface area contributed by atoms with Gasteiger partial charge in [-0.2, -0.15) is 0 Å². The Labute approximate surface area is 231 Å². The number of fused-ring (bicyclic) bond motifs is 3. The first-order valence-electron chi connectivity index (χ1n) is 16.0. The van der Waals surface area contributed by atoms with Crippen LogP contribution in [0, 0.1) is 52.3 Å². The Morgan fingerprint density at radius 2 is 1.71 bits per heavy atom. The van der Waals surface area contributed by atoms with E-state index in [9.17, 15) is 4.79 Å². The van der Waals surface area contributed by atoms with E-state index in [1.807, 2.05) is 30.3 Å². The molecule has 1 aliphatic heterocycles. The number of benzene rings is 1. The first kappa shape index (κ1) is 26.9. The minimum atomic E-state index is -0.150. The summed E-state index contributed by atoms with van der Waals surface area (Å²) >= 11 is 0. The zero-order chi connectivity index (χ0) is 26.9. The summed E-state index contributed by atoms with van der Waals surface area (Å²) in [4.78, 5) is 12.8. The number of carbonyl (C=O) groups excluding carboxylic acids is 1. The van der Waals surface area contributed by atoms with Crippen molar-refractivity contribution in [2.75, 3.05) is 0 Å². The van der Waals surface area contributed by atoms with Crippen LogP contribution in [0.15, 0.2) is 30.3 Å². The maximum atomic E-state index is 12.8. The van der Waals surface area contributed by atoms with Gasteiger partial charge in [0.2, 0.25) is 0 Å². The summed E-state index contributed by atoms with van der Waals surface area (Å²) in [7, 11) is 0. The summed E-state index contributed by atoms with van der Waals surface area (Å²) < 4.78 is 12.9. The molecule has 1 aromatic rings. The van der Waals surface area contributed by atoms with Crippen molar-refractivity contribution in [3.05, 3.63) is 35.9 Å². The number of ether oxygens (including phenoxy) is 2. The molecule has 3 nitrogen and oxygen atoms in total. The quantitative estimate of drug-likeness (QED) is 0.266. The molecule has 38 heavy (non-hydrogen) atoms. The highest BCUT2D eigenvalue weighted by Crippen LogP contribution is 2.77. The second-order valence-electron chi connectivity index (χ2n) is 15.1. The van der Waals surface area contributed by atoms with Crippen molar-refractivity contribution in [1.82, 2.24) is 0 Å². The van der Waals surface area contributed by atoms with E-state index in [2.05, 4.69) is 41.5 Å². The summed E-state index contributed by atoms with van der Waals surface area (Å²) in [5, 5.41) is 0. The third kappa shape index (κ3) is 4.03. The Kier molecular flexibility index (Phi) is 6.81. The van der Waals surface area contributed by atoms with E-state index < -0.39 is 0 Å². The first-order valence-corrected chi connectivity index (χ1v) is 16.0. The normalized spacial score (nSPS) is 44.8. The third-order valence-electron chi connectivity index (χ3n) is 13.3. The summed E-state index contributed by atoms with van der Waals surface area (Å²) in [6.07, 6.45) is 13.2. The van der Waals surface area contributed by atoms with Crippen molar-refractivity contribution in [1.29, 1.82) is 0 Å². The van der Waals surface area contributed by atoms with E-state index in [-0.39, 0.29) is 17.7 Å². The molecule has 3 heteroatoms. The molecule has 0 bridgehead atoms. The van der Waals surface area contributed by atoms with Crippen LogP contribution in [0.5, 0.6) is 0 Å². The van der Waals surface area contributed by atoms with Crippen molar-refractivity contribution in [3.63, 3.8) is 0 Å². The van der Waals surface area contributed by atoms with Gasteiger partial charge < -0.3 is 9.47 Å². The van der Waals surface area contributed by atoms with Crippen LogP contribution >= 0.6 is 0 Å². The lowest BCUT2D eigenvalue weighted by atomic mass is 9.44. The smallest absolute Gasteiger partial charge is 0.338 e. The van der Waals surface area contributed by atoms with E-state index in [0.29, 0.717) is 28.4 Å². The van der Waals surface area contributed by atoms with Crippen LogP contribution in [-0.4, -0.2) is 23.8 Å². The van der Waals surface area contributed by atoms with Gasteiger partial charge in [-0.05, 0) is 110 Å². The van der Waals surface area contributed by atoms with E-state index in [4.69, 9.17) is 9.47 Å². The number of hydrogen-bond acceptors (Lipinski definition) is 3. The molecule has 11 atom stereocenters. The molecule has 0 aromatic heterocycles. The topological polar surface area (TPSA) is 38.8 Å². The Balaban J connectivity index is 1.13. The zero-order valence-corrected chi connectivity index (χ0v) is 24.9. The van der Waals surface area contributed by atoms with E-state index in [1.165, 1.54) is 51.4 Å². The van der Waals surface area contributed by atoms with Gasteiger partial charge in [0.25, 0.3) is 0 Å². The Bertz CT molecular complexity index is 1020. The average molecular weight is 521 g/mol. The highest BCUT2D eigenvalue weighted by molar-refractivity contribution is 5.89. The van der Waals surface area contributed by atoms with Gasteiger partial charge in [-0.1, -0.05) is 72.6 Å². The molecule has 4 saturated carbocycles. The van der Waals surface area contributed by atoms with Crippen molar-refractivity contribution >= 4 is 5.97 Å². The number of rotatable bonds is 7. The van der Waals surface area contributed by atoms with Crippen LogP contribution in [0.3, 0.4) is 0 Å². The second kappa shape index (κ2) is 9.64. The lowest BCUT2D eigenvalue weighted by Crippen LogP contribution is -2.59. The Morgan fingerprint density at radius 3 is 2.45 bits per heavy atom. The third-order valence-corrected chi connectivity index (χ3v) is 13.3. The number of esters is 1. The average Bonchev–Trinajstić information content (AvgIpc) is 3.57. The van der Waals surface area contributed by atoms with E-state index >= 15 is 0 Å². The molecule has 0 unspecified atom stereocenters. The van der Waals surface area contributed by atoms with Gasteiger partial charge in [0, 0.05) is 5.41 Å². The van der Waals surface area contributed by atoms with Crippen LogP contribution in [0.2, 0.25) is 0 Å². The van der Waals surface area contributed by atoms with Crippen LogP contribution in [0.1, 0.15) is 116 Å². The molecule has 0 N–H and O–H groups in total. The molecule has 5 fully saturated rings. The lowest BCUT2D eigenvalue weighted by molar-refractivity contribution is -0.150. The van der Waals surface area contributed by atoms with Gasteiger partial charge in [-0.3, -0.25) is 0 Å². The Morgan fingerprint density at radius 1 is 0.947 bits per heavy atom. The predicted octanol–water partition coefficient (Wildman–Crippen LogP) is 8.71. The molecule has 1 spiro atoms. The molecular formula is C35H52O3. The minimum absolute atomic E-state index is 0.0687. The molecule has 0 amide bonds. The van der Waals surface area contributed by atoms with E-state index in [0.717, 1.165) is 48.3 Å². The van der Waals surface area contributed by atoms with Crippen molar-refractivity contribution in [3.8, 4) is 0 Å². The largest absolute Gasteiger partial charge is 0.459 e. The van der Waals surface area contributed by atoms with Crippen LogP contribution in [0.4, 0.5) is 0 Å². The van der Waals surface area contributed by atoms with Crippen LogP contribution in [0.25, 0.3) is 0 Å². The standard InChI is InChI=1S/C35H52O3/c1-22(2)23(3)12-13-24(4)30-21-31-35(38-31)29-15-14-26-20-27(37-32(36)25-10-8-7-9-11-25)16-18-33(26,5)28(29)17-19-34(30,35)6/h7-11,22-24,26-31H,12-21H2,1-6H3/t23-,24+,26-,27+,28-,29+,30-,31-,33-,34-,35-/m0/s1. The van der Waals surface area contributed by atoms with Gasteiger partial charge >= 0.3 is 5.97 Å². The zero-order valence-electron chi connectivity index (χ0n) is 24.9. The molecule has 1 heterocycles. The predicted molar refractivity (Wildman–Crippen MR) is 153 cm³/mol. The monoisotopic (exact) mass is 520 g/mol. The van der Waals surface area contributed by atoms with E-state index in [1.54, 1.807) is 0 Å². The van der Waals surface area contributed by atoms with Crippen molar-refractivity contribution in [2.24, 2.45) is 52.3 Å². The van der Waals surface area contributed by atoms with Crippen molar-refractivity contribution < 1.29 is 14.3 Å². The second-order valence-corrected chi connectivity index (χ2v) is 15.1. The number of epoxide rings is 1. The first-order chi connectivity index (χ1) is 18.1. The number of hydrogen-bond donors (Lipinski definition) is 0. The summed E-state index contributed by atoms with van der Waals surface area (Å²) in [6.45, 7) is 15.0. The molecule has 1 saturated heterocycles. The molecule has 210 valence electrons. The summed E-state index contributed by atoms with van der Waals surface area (Å²) in [5.74, 6) is 5.23. The fourth-order valence-electron chi connectivity index (χ4n) is 10.5. The van der Waals surface area contributed by atoms with Gasteiger partial charge in [0.15, 0.2) is 0 Å². The highest BCUT2D eigenvalue weighted by atomic mass is 16.6. The number of carbonyl (C=O) groups is 1. The van der Waals surface area contributed by atoms with Crippen LogP contribution in [-0.2, 0) is 9.47 Å². The molecule has 1 aromatic carbocycles. The van der Waals surface area contributed by atoms with Gasteiger partial charge in [-0.25, -0.2) is 4.79 Å². The Hall–Kier alpha value is -1.35. The molecule has 6 rings (SSSR count). The molecular weight excluding hydrogens is 468 g/mol. The summed E-state index contributed by atoms with van der Waals surface area (Å²) in [6, 6.07) is 9.52. The SMILES string of the molecule is CC(C)[C@@H](C)CC[C@@H](C)[C@@H]1C[C@@H]2O[C@@]23[C@@H]2CC[C@H]4C[C@H](OC(=O)c5ccccc5)CC[C@]4(C)[C@H]2CC[C@@]13C. The maximum Gasteiger partial charge on any atom is 0.338 e.